The van der Waals surface area contributed by atoms with Crippen LogP contribution >= 0.6 is 0 Å². The molecule has 0 radical (unpaired) electrons. The van der Waals surface area contributed by atoms with E-state index in [1.54, 1.807) is 0 Å². The maximum Gasteiger partial charge on any atom is 0.272 e. The molecule has 5 nitrogen and oxygen atoms in total. The van der Waals surface area contributed by atoms with Gasteiger partial charge in [0.2, 0.25) is 0 Å². The first-order valence-electron chi connectivity index (χ1n) is 6.48. The molecule has 0 bridgehead atoms. The zero-order valence-electron chi connectivity index (χ0n) is 11.4. The molecule has 0 aliphatic heterocycles. The van der Waals surface area contributed by atoms with Crippen molar-refractivity contribution >= 4 is 11.4 Å². The maximum atomic E-state index is 13.6. The largest absolute Gasteiger partial charge is 0.383 e. The number of non-ortho nitro benzene ring substituents is 1. The van der Waals surface area contributed by atoms with Crippen molar-refractivity contribution in [2.45, 2.75) is 20.3 Å². The van der Waals surface area contributed by atoms with E-state index in [9.17, 15) is 14.5 Å². The van der Waals surface area contributed by atoms with E-state index in [0.717, 1.165) is 32.1 Å². The van der Waals surface area contributed by atoms with E-state index in [-0.39, 0.29) is 5.69 Å². The van der Waals surface area contributed by atoms with Crippen LogP contribution in [0.3, 0.4) is 0 Å². The van der Waals surface area contributed by atoms with Gasteiger partial charge in [-0.05, 0) is 32.1 Å². The lowest BCUT2D eigenvalue weighted by Crippen LogP contribution is -2.25. The molecule has 0 unspecified atom stereocenters. The van der Waals surface area contributed by atoms with Gasteiger partial charge in [-0.2, -0.15) is 0 Å². The third-order valence-corrected chi connectivity index (χ3v) is 3.02. The van der Waals surface area contributed by atoms with E-state index in [1.165, 1.54) is 12.1 Å². The molecule has 1 rings (SSSR count). The Morgan fingerprint density at radius 1 is 1.37 bits per heavy atom. The fourth-order valence-corrected chi connectivity index (χ4v) is 1.83. The van der Waals surface area contributed by atoms with Crippen molar-refractivity contribution in [1.29, 1.82) is 0 Å². The van der Waals surface area contributed by atoms with Crippen LogP contribution in [0, 0.1) is 15.9 Å². The van der Waals surface area contributed by atoms with Crippen molar-refractivity contribution in [1.82, 2.24) is 4.90 Å². The van der Waals surface area contributed by atoms with Gasteiger partial charge in [-0.3, -0.25) is 10.1 Å². The van der Waals surface area contributed by atoms with E-state index in [2.05, 4.69) is 24.1 Å². The van der Waals surface area contributed by atoms with Crippen molar-refractivity contribution in [2.75, 3.05) is 31.5 Å². The normalized spacial score (nSPS) is 10.7. The van der Waals surface area contributed by atoms with Crippen LogP contribution in [0.25, 0.3) is 0 Å². The standard InChI is InChI=1S/C13H20FN3O2/c1-3-16(4-2)9-5-8-15-13-7-6-11(17(18)19)10-12(13)14/h6-7,10,15H,3-5,8-9H2,1-2H3. The van der Waals surface area contributed by atoms with Crippen LogP contribution in [0.15, 0.2) is 18.2 Å². The second kappa shape index (κ2) is 7.68. The number of benzene rings is 1. The Morgan fingerprint density at radius 2 is 2.05 bits per heavy atom. The summed E-state index contributed by atoms with van der Waals surface area (Å²) in [5, 5.41) is 13.4. The fourth-order valence-electron chi connectivity index (χ4n) is 1.83. The van der Waals surface area contributed by atoms with E-state index < -0.39 is 10.7 Å². The molecule has 0 heterocycles. The highest BCUT2D eigenvalue weighted by Crippen LogP contribution is 2.20. The lowest BCUT2D eigenvalue weighted by molar-refractivity contribution is -0.385. The van der Waals surface area contributed by atoms with Crippen molar-refractivity contribution in [3.63, 3.8) is 0 Å². The molecule has 106 valence electrons. The molecule has 1 aromatic carbocycles. The quantitative estimate of drug-likeness (QED) is 0.448. The smallest absolute Gasteiger partial charge is 0.272 e. The molecule has 1 aromatic rings. The minimum Gasteiger partial charge on any atom is -0.383 e. The second-order valence-corrected chi connectivity index (χ2v) is 4.23. The highest BCUT2D eigenvalue weighted by molar-refractivity contribution is 5.49. The van der Waals surface area contributed by atoms with Gasteiger partial charge >= 0.3 is 0 Å². The second-order valence-electron chi connectivity index (χ2n) is 4.23. The lowest BCUT2D eigenvalue weighted by Gasteiger charge is -2.18. The number of halogens is 1. The summed E-state index contributed by atoms with van der Waals surface area (Å²) in [6.07, 6.45) is 0.901. The molecule has 6 heteroatoms. The highest BCUT2D eigenvalue weighted by Gasteiger charge is 2.10. The molecular formula is C13H20FN3O2. The van der Waals surface area contributed by atoms with Crippen molar-refractivity contribution in [2.24, 2.45) is 0 Å². The average molecular weight is 269 g/mol. The fraction of sp³-hybridized carbons (Fsp3) is 0.538. The Bertz CT molecular complexity index is 422. The van der Waals surface area contributed by atoms with Gasteiger partial charge in [-0.25, -0.2) is 4.39 Å². The predicted octanol–water partition coefficient (Wildman–Crippen LogP) is 2.88. The highest BCUT2D eigenvalue weighted by atomic mass is 19.1. The zero-order chi connectivity index (χ0) is 14.3. The van der Waals surface area contributed by atoms with E-state index in [0.29, 0.717) is 12.2 Å². The number of nitrogens with zero attached hydrogens (tertiary/aromatic N) is 2. The third-order valence-electron chi connectivity index (χ3n) is 3.02. The summed E-state index contributed by atoms with van der Waals surface area (Å²) in [6.45, 7) is 7.81. The zero-order valence-corrected chi connectivity index (χ0v) is 11.4. The van der Waals surface area contributed by atoms with Crippen LogP contribution in [0.1, 0.15) is 20.3 Å². The van der Waals surface area contributed by atoms with Crippen LogP contribution in [-0.2, 0) is 0 Å². The summed E-state index contributed by atoms with van der Waals surface area (Å²) in [7, 11) is 0. The van der Waals surface area contributed by atoms with Crippen LogP contribution in [0.5, 0.6) is 0 Å². The van der Waals surface area contributed by atoms with Gasteiger partial charge in [0, 0.05) is 12.6 Å². The van der Waals surface area contributed by atoms with Crippen LogP contribution in [-0.4, -0.2) is 36.0 Å². The van der Waals surface area contributed by atoms with Gasteiger partial charge in [0.15, 0.2) is 5.82 Å². The number of nitrogens with one attached hydrogen (secondary N) is 1. The molecule has 1 N–H and O–H groups in total. The Labute approximate surface area is 112 Å². The van der Waals surface area contributed by atoms with Gasteiger partial charge in [0.05, 0.1) is 16.7 Å². The molecule has 0 atom stereocenters. The van der Waals surface area contributed by atoms with Gasteiger partial charge in [0.25, 0.3) is 5.69 Å². The van der Waals surface area contributed by atoms with Gasteiger partial charge < -0.3 is 10.2 Å². The molecule has 0 aromatic heterocycles. The molecule has 0 saturated heterocycles. The molecule has 0 aliphatic rings. The Hall–Kier alpha value is -1.69. The first kappa shape index (κ1) is 15.4. The van der Waals surface area contributed by atoms with Crippen LogP contribution < -0.4 is 5.32 Å². The summed E-state index contributed by atoms with van der Waals surface area (Å²) < 4.78 is 13.6. The number of rotatable bonds is 8. The molecule has 0 spiro atoms. The maximum absolute atomic E-state index is 13.6. The van der Waals surface area contributed by atoms with Gasteiger partial charge in [-0.1, -0.05) is 13.8 Å². The Balaban J connectivity index is 2.43. The molecule has 0 amide bonds. The van der Waals surface area contributed by atoms with Crippen molar-refractivity contribution in [3.05, 3.63) is 34.1 Å². The minimum atomic E-state index is -0.604. The van der Waals surface area contributed by atoms with Crippen LogP contribution in [0.4, 0.5) is 15.8 Å². The number of nitro groups is 1. The number of hydrogen-bond acceptors (Lipinski definition) is 4. The first-order chi connectivity index (χ1) is 9.08. The average Bonchev–Trinajstić information content (AvgIpc) is 2.40. The summed E-state index contributed by atoms with van der Waals surface area (Å²) in [5.74, 6) is -0.586. The third kappa shape index (κ3) is 4.82. The molecule has 0 aliphatic carbocycles. The van der Waals surface area contributed by atoms with Crippen molar-refractivity contribution < 1.29 is 9.31 Å². The van der Waals surface area contributed by atoms with Gasteiger partial charge in [-0.15, -0.1) is 0 Å². The number of hydrogen-bond donors (Lipinski definition) is 1. The predicted molar refractivity (Wildman–Crippen MR) is 73.9 cm³/mol. The topological polar surface area (TPSA) is 58.4 Å². The van der Waals surface area contributed by atoms with E-state index in [1.807, 2.05) is 0 Å². The first-order valence-corrected chi connectivity index (χ1v) is 6.48. The molecule has 0 fully saturated rings. The van der Waals surface area contributed by atoms with Crippen LogP contribution in [0.2, 0.25) is 0 Å². The summed E-state index contributed by atoms with van der Waals surface area (Å²) in [4.78, 5) is 12.2. The van der Waals surface area contributed by atoms with E-state index in [4.69, 9.17) is 0 Å². The monoisotopic (exact) mass is 269 g/mol. The van der Waals surface area contributed by atoms with Crippen molar-refractivity contribution in [3.8, 4) is 0 Å². The summed E-state index contributed by atoms with van der Waals surface area (Å²) in [5.41, 5.74) is 0.0799. The summed E-state index contributed by atoms with van der Waals surface area (Å²) >= 11 is 0. The molecule has 19 heavy (non-hydrogen) atoms. The SMILES string of the molecule is CCN(CC)CCCNc1ccc([N+](=O)[O-])cc1F. The van der Waals surface area contributed by atoms with Gasteiger partial charge in [0.1, 0.15) is 0 Å². The molecule has 0 saturated carbocycles. The lowest BCUT2D eigenvalue weighted by atomic mass is 10.2. The number of nitro benzene ring substituents is 1. The minimum absolute atomic E-state index is 0.230. The number of anilines is 1. The Kier molecular flexibility index (Phi) is 6.21. The Morgan fingerprint density at radius 3 is 2.58 bits per heavy atom. The molecular weight excluding hydrogens is 249 g/mol. The van der Waals surface area contributed by atoms with E-state index >= 15 is 0 Å². The summed E-state index contributed by atoms with van der Waals surface area (Å²) in [6, 6.07) is 3.65.